The molecule has 0 spiro atoms. The van der Waals surface area contributed by atoms with Crippen molar-refractivity contribution in [3.05, 3.63) is 0 Å². The second kappa shape index (κ2) is 6.24. The Morgan fingerprint density at radius 1 is 1.50 bits per heavy atom. The van der Waals surface area contributed by atoms with Gasteiger partial charge < -0.3 is 15.5 Å². The number of nitrogens with one attached hydrogen (secondary N) is 1. The highest BCUT2D eigenvalue weighted by atomic mass is 15.2. The van der Waals surface area contributed by atoms with E-state index in [0.29, 0.717) is 11.8 Å². The Morgan fingerprint density at radius 3 is 2.72 bits per heavy atom. The van der Waals surface area contributed by atoms with Crippen LogP contribution in [0.1, 0.15) is 19.8 Å². The standard InChI is InChI=1S/C12H22N6/c1-4-17(2)11(14)10-7-9(10)5-6-18(3)12(15)16-8-13/h9-10,14H,4-7H2,1-3H3,(H2,15,16). The molecule has 6 nitrogen and oxygen atoms in total. The van der Waals surface area contributed by atoms with E-state index >= 15 is 0 Å². The summed E-state index contributed by atoms with van der Waals surface area (Å²) in [6, 6.07) is 0. The Hall–Kier alpha value is -1.77. The van der Waals surface area contributed by atoms with Gasteiger partial charge in [-0.3, -0.25) is 5.41 Å². The van der Waals surface area contributed by atoms with Gasteiger partial charge in [-0.2, -0.15) is 5.26 Å². The average Bonchev–Trinajstić information content (AvgIpc) is 3.13. The highest BCUT2D eigenvalue weighted by molar-refractivity contribution is 5.84. The molecule has 0 heterocycles. The van der Waals surface area contributed by atoms with Crippen LogP contribution in [0.4, 0.5) is 0 Å². The molecule has 0 amide bonds. The zero-order valence-corrected chi connectivity index (χ0v) is 11.3. The topological polar surface area (TPSA) is 92.5 Å². The highest BCUT2D eigenvalue weighted by Crippen LogP contribution is 2.42. The molecule has 0 aromatic rings. The first kappa shape index (κ1) is 14.3. The number of nitrogens with zero attached hydrogens (tertiary/aromatic N) is 4. The van der Waals surface area contributed by atoms with Crippen molar-refractivity contribution in [2.45, 2.75) is 19.8 Å². The molecule has 1 aliphatic carbocycles. The predicted molar refractivity (Wildman–Crippen MR) is 72.1 cm³/mol. The summed E-state index contributed by atoms with van der Waals surface area (Å²) in [6.07, 6.45) is 3.76. The van der Waals surface area contributed by atoms with E-state index in [-0.39, 0.29) is 5.96 Å². The second-order valence-corrected chi connectivity index (χ2v) is 4.78. The number of guanidine groups is 1. The summed E-state index contributed by atoms with van der Waals surface area (Å²) in [7, 11) is 3.79. The first-order chi connectivity index (χ1) is 8.51. The molecule has 0 aliphatic heterocycles. The van der Waals surface area contributed by atoms with Gasteiger partial charge in [0.15, 0.2) is 0 Å². The molecule has 1 saturated carbocycles. The average molecular weight is 250 g/mol. The lowest BCUT2D eigenvalue weighted by molar-refractivity contribution is 0.455. The van der Waals surface area contributed by atoms with Crippen LogP contribution < -0.4 is 5.73 Å². The molecule has 0 bridgehead atoms. The van der Waals surface area contributed by atoms with E-state index in [2.05, 4.69) is 11.9 Å². The molecule has 2 unspecified atom stereocenters. The van der Waals surface area contributed by atoms with Crippen molar-refractivity contribution in [3.63, 3.8) is 0 Å². The second-order valence-electron chi connectivity index (χ2n) is 4.78. The lowest BCUT2D eigenvalue weighted by atomic mass is 10.2. The third kappa shape index (κ3) is 3.62. The highest BCUT2D eigenvalue weighted by Gasteiger charge is 2.41. The molecule has 1 fully saturated rings. The molecular weight excluding hydrogens is 228 g/mol. The van der Waals surface area contributed by atoms with Crippen LogP contribution in [0.5, 0.6) is 0 Å². The summed E-state index contributed by atoms with van der Waals surface area (Å²) in [5.41, 5.74) is 5.60. The van der Waals surface area contributed by atoms with Crippen molar-refractivity contribution in [1.29, 1.82) is 10.7 Å². The normalized spacial score (nSPS) is 22.2. The number of nitriles is 1. The Morgan fingerprint density at radius 2 is 2.17 bits per heavy atom. The third-order valence-corrected chi connectivity index (χ3v) is 3.55. The first-order valence-electron chi connectivity index (χ1n) is 6.24. The maximum absolute atomic E-state index is 8.40. The number of rotatable bonds is 5. The zero-order chi connectivity index (χ0) is 13.7. The van der Waals surface area contributed by atoms with Crippen molar-refractivity contribution < 1.29 is 0 Å². The first-order valence-corrected chi connectivity index (χ1v) is 6.24. The molecule has 3 N–H and O–H groups in total. The molecular formula is C12H22N6. The van der Waals surface area contributed by atoms with Crippen molar-refractivity contribution >= 4 is 11.8 Å². The fraction of sp³-hybridized carbons (Fsp3) is 0.750. The Balaban J connectivity index is 2.30. The minimum absolute atomic E-state index is 0.260. The number of hydrogen-bond acceptors (Lipinski definition) is 3. The predicted octanol–water partition coefficient (Wildman–Crippen LogP) is 0.669. The van der Waals surface area contributed by atoms with Crippen molar-refractivity contribution in [1.82, 2.24) is 9.80 Å². The van der Waals surface area contributed by atoms with Gasteiger partial charge in [0.2, 0.25) is 12.2 Å². The fourth-order valence-corrected chi connectivity index (χ4v) is 1.97. The summed E-state index contributed by atoms with van der Waals surface area (Å²) in [5, 5.41) is 16.4. The summed E-state index contributed by atoms with van der Waals surface area (Å²) in [5.74, 6) is 1.97. The van der Waals surface area contributed by atoms with Crippen LogP contribution in [0.15, 0.2) is 4.99 Å². The van der Waals surface area contributed by atoms with Crippen LogP contribution in [0.2, 0.25) is 0 Å². The minimum Gasteiger partial charge on any atom is -0.369 e. The number of hydrogen-bond donors (Lipinski definition) is 2. The maximum Gasteiger partial charge on any atom is 0.209 e. The van der Waals surface area contributed by atoms with E-state index in [1.165, 1.54) is 0 Å². The Bertz CT molecular complexity index is 369. The van der Waals surface area contributed by atoms with Gasteiger partial charge in [-0.1, -0.05) is 0 Å². The molecule has 100 valence electrons. The Labute approximate surface area is 109 Å². The van der Waals surface area contributed by atoms with Crippen LogP contribution in [0.3, 0.4) is 0 Å². The lowest BCUT2D eigenvalue weighted by Gasteiger charge is -2.19. The van der Waals surface area contributed by atoms with E-state index in [0.717, 1.165) is 31.8 Å². The van der Waals surface area contributed by atoms with Crippen LogP contribution in [-0.2, 0) is 0 Å². The molecule has 2 atom stereocenters. The SMILES string of the molecule is CCN(C)C(=N)C1CC1CCN(C)/C(N)=N\C#N. The molecule has 0 radical (unpaired) electrons. The van der Waals surface area contributed by atoms with E-state index in [9.17, 15) is 0 Å². The largest absolute Gasteiger partial charge is 0.369 e. The van der Waals surface area contributed by atoms with Gasteiger partial charge in [0.25, 0.3) is 0 Å². The smallest absolute Gasteiger partial charge is 0.209 e. The van der Waals surface area contributed by atoms with Gasteiger partial charge in [-0.15, -0.1) is 4.99 Å². The van der Waals surface area contributed by atoms with Gasteiger partial charge in [0.1, 0.15) is 0 Å². The fourth-order valence-electron chi connectivity index (χ4n) is 1.97. The van der Waals surface area contributed by atoms with Gasteiger partial charge in [0, 0.05) is 33.1 Å². The lowest BCUT2D eigenvalue weighted by Crippen LogP contribution is -2.34. The van der Waals surface area contributed by atoms with Crippen molar-refractivity contribution in [2.24, 2.45) is 22.6 Å². The minimum atomic E-state index is 0.260. The summed E-state index contributed by atoms with van der Waals surface area (Å²) >= 11 is 0. The van der Waals surface area contributed by atoms with Crippen LogP contribution >= 0.6 is 0 Å². The number of aliphatic imine (C=N–C) groups is 1. The van der Waals surface area contributed by atoms with Gasteiger partial charge in [0.05, 0.1) is 5.84 Å². The number of amidine groups is 1. The molecule has 0 aromatic heterocycles. The van der Waals surface area contributed by atoms with Gasteiger partial charge in [-0.05, 0) is 25.7 Å². The summed E-state index contributed by atoms with van der Waals surface area (Å²) in [6.45, 7) is 3.71. The maximum atomic E-state index is 8.40. The molecule has 18 heavy (non-hydrogen) atoms. The van der Waals surface area contributed by atoms with Crippen LogP contribution in [0, 0.1) is 28.7 Å². The molecule has 6 heteroatoms. The van der Waals surface area contributed by atoms with Crippen LogP contribution in [0.25, 0.3) is 0 Å². The van der Waals surface area contributed by atoms with E-state index in [1.807, 2.05) is 19.0 Å². The summed E-state index contributed by atoms with van der Waals surface area (Å²) in [4.78, 5) is 7.26. The monoisotopic (exact) mass is 250 g/mol. The van der Waals surface area contributed by atoms with Crippen molar-refractivity contribution in [2.75, 3.05) is 27.2 Å². The van der Waals surface area contributed by atoms with Crippen molar-refractivity contribution in [3.8, 4) is 6.19 Å². The summed E-state index contributed by atoms with van der Waals surface area (Å²) < 4.78 is 0. The molecule has 0 saturated heterocycles. The van der Waals surface area contributed by atoms with E-state index < -0.39 is 0 Å². The quantitative estimate of drug-likeness (QED) is 0.426. The Kier molecular flexibility index (Phi) is 4.95. The molecule has 1 aliphatic rings. The number of nitrogens with two attached hydrogens (primary N) is 1. The van der Waals surface area contributed by atoms with E-state index in [1.54, 1.807) is 11.1 Å². The van der Waals surface area contributed by atoms with Crippen LogP contribution in [-0.4, -0.2) is 48.8 Å². The molecule has 0 aromatic carbocycles. The van der Waals surface area contributed by atoms with Gasteiger partial charge in [-0.25, -0.2) is 0 Å². The third-order valence-electron chi connectivity index (χ3n) is 3.55. The zero-order valence-electron chi connectivity index (χ0n) is 11.3. The van der Waals surface area contributed by atoms with Gasteiger partial charge >= 0.3 is 0 Å². The molecule has 1 rings (SSSR count). The van der Waals surface area contributed by atoms with E-state index in [4.69, 9.17) is 16.4 Å².